The minimum atomic E-state index is -0.852. The first-order valence-electron chi connectivity index (χ1n) is 3.95. The summed E-state index contributed by atoms with van der Waals surface area (Å²) in [6.07, 6.45) is 4.00. The Morgan fingerprint density at radius 2 is 1.90 bits per heavy atom. The van der Waals surface area contributed by atoms with Crippen LogP contribution in [0.1, 0.15) is 39.5 Å². The molecule has 0 radical (unpaired) electrons. The molecule has 2 N–H and O–H groups in total. The zero-order valence-electron chi connectivity index (χ0n) is 6.93. The van der Waals surface area contributed by atoms with Crippen LogP contribution in [0.2, 0.25) is 0 Å². The first kappa shape index (κ1) is 9.92. The molecule has 62 valence electrons. The number of aliphatic hydroxyl groups is 2. The fourth-order valence-corrected chi connectivity index (χ4v) is 0.835. The largest absolute Gasteiger partial charge is 0.393 e. The van der Waals surface area contributed by atoms with E-state index in [4.69, 9.17) is 5.11 Å². The molecule has 2 heteroatoms. The molecule has 0 heterocycles. The maximum absolute atomic E-state index is 9.30. The fourth-order valence-electron chi connectivity index (χ4n) is 0.835. The Hall–Kier alpha value is -0.0800. The third kappa shape index (κ3) is 4.77. The summed E-state index contributed by atoms with van der Waals surface area (Å²) >= 11 is 0. The van der Waals surface area contributed by atoms with Gasteiger partial charge in [-0.05, 0) is 13.3 Å². The maximum Gasteiger partial charge on any atom is 0.0849 e. The van der Waals surface area contributed by atoms with E-state index in [9.17, 15) is 5.11 Å². The van der Waals surface area contributed by atoms with Crippen LogP contribution in [-0.2, 0) is 0 Å². The van der Waals surface area contributed by atoms with Crippen molar-refractivity contribution in [3.8, 4) is 0 Å². The van der Waals surface area contributed by atoms with Crippen LogP contribution in [0.15, 0.2) is 0 Å². The normalized spacial score (nSPS) is 16.8. The molecule has 0 aromatic rings. The van der Waals surface area contributed by atoms with Crippen molar-refractivity contribution in [2.45, 2.75) is 45.1 Å². The molecule has 0 aliphatic rings. The van der Waals surface area contributed by atoms with Crippen molar-refractivity contribution >= 4 is 0 Å². The molecule has 10 heavy (non-hydrogen) atoms. The van der Waals surface area contributed by atoms with Crippen LogP contribution < -0.4 is 0 Å². The van der Waals surface area contributed by atoms with Gasteiger partial charge in [-0.2, -0.15) is 0 Å². The second kappa shape index (κ2) is 4.69. The highest BCUT2D eigenvalue weighted by Crippen LogP contribution is 2.12. The lowest BCUT2D eigenvalue weighted by atomic mass is 10.00. The van der Waals surface area contributed by atoms with Gasteiger partial charge in [0.25, 0.3) is 0 Å². The molecule has 0 aliphatic carbocycles. The maximum atomic E-state index is 9.30. The first-order chi connectivity index (χ1) is 4.62. The van der Waals surface area contributed by atoms with Gasteiger partial charge in [-0.25, -0.2) is 0 Å². The summed E-state index contributed by atoms with van der Waals surface area (Å²) in [5.74, 6) is 0. The molecule has 0 fully saturated rings. The van der Waals surface area contributed by atoms with Gasteiger partial charge < -0.3 is 10.2 Å². The van der Waals surface area contributed by atoms with Crippen molar-refractivity contribution in [1.82, 2.24) is 0 Å². The first-order valence-corrected chi connectivity index (χ1v) is 3.95. The van der Waals surface area contributed by atoms with E-state index in [1.54, 1.807) is 6.92 Å². The summed E-state index contributed by atoms with van der Waals surface area (Å²) in [7, 11) is 0. The Balaban J connectivity index is 3.28. The van der Waals surface area contributed by atoms with E-state index < -0.39 is 5.60 Å². The van der Waals surface area contributed by atoms with Crippen LogP contribution in [0.5, 0.6) is 0 Å². The van der Waals surface area contributed by atoms with Crippen molar-refractivity contribution in [2.24, 2.45) is 0 Å². The van der Waals surface area contributed by atoms with Crippen LogP contribution in [-0.4, -0.2) is 22.4 Å². The molecule has 0 unspecified atom stereocenters. The van der Waals surface area contributed by atoms with Crippen molar-refractivity contribution in [2.75, 3.05) is 6.61 Å². The van der Waals surface area contributed by atoms with E-state index in [1.165, 1.54) is 0 Å². The predicted octanol–water partition coefficient (Wildman–Crippen LogP) is 1.31. The molecule has 0 amide bonds. The van der Waals surface area contributed by atoms with Crippen molar-refractivity contribution < 1.29 is 10.2 Å². The minimum absolute atomic E-state index is 0.128. The van der Waals surface area contributed by atoms with E-state index in [2.05, 4.69) is 6.92 Å². The van der Waals surface area contributed by atoms with E-state index in [0.29, 0.717) is 6.42 Å². The van der Waals surface area contributed by atoms with Crippen LogP contribution >= 0.6 is 0 Å². The highest BCUT2D eigenvalue weighted by Gasteiger charge is 2.17. The summed E-state index contributed by atoms with van der Waals surface area (Å²) in [5, 5.41) is 17.9. The highest BCUT2D eigenvalue weighted by molar-refractivity contribution is 4.69. The van der Waals surface area contributed by atoms with Crippen molar-refractivity contribution in [3.05, 3.63) is 0 Å². The molecule has 0 saturated carbocycles. The summed E-state index contributed by atoms with van der Waals surface area (Å²) < 4.78 is 0. The SMILES string of the molecule is CCCCC[C@@](C)(O)CO. The highest BCUT2D eigenvalue weighted by atomic mass is 16.3. The molecule has 0 saturated heterocycles. The van der Waals surface area contributed by atoms with Crippen molar-refractivity contribution in [3.63, 3.8) is 0 Å². The summed E-state index contributed by atoms with van der Waals surface area (Å²) in [6, 6.07) is 0. The lowest BCUT2D eigenvalue weighted by molar-refractivity contribution is -0.00686. The lowest BCUT2D eigenvalue weighted by Crippen LogP contribution is -2.28. The molecule has 0 bridgehead atoms. The molecule has 0 aromatic carbocycles. The average molecular weight is 146 g/mol. The number of hydrogen-bond acceptors (Lipinski definition) is 2. The van der Waals surface area contributed by atoms with Crippen LogP contribution in [0.3, 0.4) is 0 Å². The lowest BCUT2D eigenvalue weighted by Gasteiger charge is -2.19. The topological polar surface area (TPSA) is 40.5 Å². The average Bonchev–Trinajstić information content (AvgIpc) is 1.89. The smallest absolute Gasteiger partial charge is 0.0849 e. The summed E-state index contributed by atoms with van der Waals surface area (Å²) in [4.78, 5) is 0. The molecule has 0 spiro atoms. The molecular formula is C8H18O2. The number of rotatable bonds is 5. The second-order valence-corrected chi connectivity index (χ2v) is 3.11. The third-order valence-electron chi connectivity index (χ3n) is 1.66. The van der Waals surface area contributed by atoms with Crippen LogP contribution in [0, 0.1) is 0 Å². The van der Waals surface area contributed by atoms with Gasteiger partial charge >= 0.3 is 0 Å². The quantitative estimate of drug-likeness (QED) is 0.574. The summed E-state index contributed by atoms with van der Waals surface area (Å²) in [6.45, 7) is 3.66. The second-order valence-electron chi connectivity index (χ2n) is 3.11. The third-order valence-corrected chi connectivity index (χ3v) is 1.66. The van der Waals surface area contributed by atoms with Gasteiger partial charge in [0.1, 0.15) is 0 Å². The van der Waals surface area contributed by atoms with E-state index in [1.807, 2.05) is 0 Å². The summed E-state index contributed by atoms with van der Waals surface area (Å²) in [5.41, 5.74) is -0.852. The molecule has 1 atom stereocenters. The van der Waals surface area contributed by atoms with Crippen molar-refractivity contribution in [1.29, 1.82) is 0 Å². The minimum Gasteiger partial charge on any atom is -0.393 e. The molecule has 0 rings (SSSR count). The van der Waals surface area contributed by atoms with Gasteiger partial charge in [-0.3, -0.25) is 0 Å². The van der Waals surface area contributed by atoms with Crippen LogP contribution in [0.4, 0.5) is 0 Å². The number of hydrogen-bond donors (Lipinski definition) is 2. The Kier molecular flexibility index (Phi) is 4.65. The van der Waals surface area contributed by atoms with E-state index in [-0.39, 0.29) is 6.61 Å². The Morgan fingerprint density at radius 3 is 2.30 bits per heavy atom. The van der Waals surface area contributed by atoms with Gasteiger partial charge in [-0.1, -0.05) is 26.2 Å². The molecular weight excluding hydrogens is 128 g/mol. The molecule has 0 aliphatic heterocycles. The predicted molar refractivity (Wildman–Crippen MR) is 41.9 cm³/mol. The monoisotopic (exact) mass is 146 g/mol. The molecule has 2 nitrogen and oxygen atoms in total. The number of aliphatic hydroxyl groups excluding tert-OH is 1. The van der Waals surface area contributed by atoms with Gasteiger partial charge in [0.2, 0.25) is 0 Å². The zero-order valence-corrected chi connectivity index (χ0v) is 6.93. The van der Waals surface area contributed by atoms with Gasteiger partial charge in [-0.15, -0.1) is 0 Å². The van der Waals surface area contributed by atoms with Gasteiger partial charge in [0, 0.05) is 0 Å². The zero-order chi connectivity index (χ0) is 8.04. The number of unbranched alkanes of at least 4 members (excludes halogenated alkanes) is 2. The van der Waals surface area contributed by atoms with Gasteiger partial charge in [0.15, 0.2) is 0 Å². The Morgan fingerprint density at radius 1 is 1.30 bits per heavy atom. The molecule has 0 aromatic heterocycles. The standard InChI is InChI=1S/C8H18O2/c1-3-4-5-6-8(2,10)7-9/h9-10H,3-7H2,1-2H3/t8-/m1/s1. The van der Waals surface area contributed by atoms with E-state index in [0.717, 1.165) is 19.3 Å². The van der Waals surface area contributed by atoms with E-state index >= 15 is 0 Å². The van der Waals surface area contributed by atoms with Crippen LogP contribution in [0.25, 0.3) is 0 Å². The Labute approximate surface area is 62.9 Å². The Bertz CT molecular complexity index is 79.3. The van der Waals surface area contributed by atoms with Gasteiger partial charge in [0.05, 0.1) is 12.2 Å². The fraction of sp³-hybridized carbons (Fsp3) is 1.00.